The molecule has 1 saturated heterocycles. The summed E-state index contributed by atoms with van der Waals surface area (Å²) in [6.07, 6.45) is 1.34. The van der Waals surface area contributed by atoms with Crippen molar-refractivity contribution in [2.75, 3.05) is 6.61 Å². The molecule has 3 aromatic rings. The van der Waals surface area contributed by atoms with Gasteiger partial charge < -0.3 is 18.9 Å². The van der Waals surface area contributed by atoms with Crippen LogP contribution in [0.1, 0.15) is 26.5 Å². The summed E-state index contributed by atoms with van der Waals surface area (Å²) < 4.78 is 36.9. The maximum Gasteiger partial charge on any atom is 0.303 e. The molecular formula is C20H19FN4O6. The summed E-state index contributed by atoms with van der Waals surface area (Å²) >= 11 is 0. The summed E-state index contributed by atoms with van der Waals surface area (Å²) in [7, 11) is 0. The first kappa shape index (κ1) is 20.7. The summed E-state index contributed by atoms with van der Waals surface area (Å²) in [6.45, 7) is 2.54. The zero-order chi connectivity index (χ0) is 22.0. The highest BCUT2D eigenvalue weighted by Crippen LogP contribution is 2.34. The maximum atomic E-state index is 13.1. The smallest absolute Gasteiger partial charge is 0.303 e. The van der Waals surface area contributed by atoms with Gasteiger partial charge in [-0.05, 0) is 24.3 Å². The quantitative estimate of drug-likeness (QED) is 0.544. The van der Waals surface area contributed by atoms with Crippen LogP contribution in [0.25, 0.3) is 11.2 Å². The highest BCUT2D eigenvalue weighted by molar-refractivity contribution is 5.76. The summed E-state index contributed by atoms with van der Waals surface area (Å²) in [5.74, 6) is -0.717. The van der Waals surface area contributed by atoms with Crippen molar-refractivity contribution < 1.29 is 32.9 Å². The zero-order valence-electron chi connectivity index (χ0n) is 16.7. The minimum Gasteiger partial charge on any atom is -0.463 e. The number of nitrogens with zero attached hydrogens (tertiary/aromatic N) is 4. The first-order chi connectivity index (χ1) is 14.9. The predicted octanol–water partition coefficient (Wildman–Crippen LogP) is 2.54. The average molecular weight is 430 g/mol. The molecular weight excluding hydrogens is 411 g/mol. The first-order valence-corrected chi connectivity index (χ1v) is 9.47. The van der Waals surface area contributed by atoms with E-state index < -0.39 is 30.4 Å². The average Bonchev–Trinajstić information content (AvgIpc) is 3.32. The van der Waals surface area contributed by atoms with Crippen LogP contribution in [0, 0.1) is 5.82 Å². The Balaban J connectivity index is 1.58. The number of hydrogen-bond acceptors (Lipinski definition) is 9. The minimum absolute atomic E-state index is 0.0513. The molecule has 0 N–H and O–H groups in total. The summed E-state index contributed by atoms with van der Waals surface area (Å²) in [5.41, 5.74) is 0.815. The van der Waals surface area contributed by atoms with Gasteiger partial charge in [0.25, 0.3) is 5.88 Å². The molecule has 10 nitrogen and oxygen atoms in total. The van der Waals surface area contributed by atoms with Gasteiger partial charge >= 0.3 is 11.9 Å². The fraction of sp³-hybridized carbons (Fsp3) is 0.350. The number of fused-ring (bicyclic) bond motifs is 1. The number of esters is 2. The fourth-order valence-electron chi connectivity index (χ4n) is 3.29. The third-order valence-corrected chi connectivity index (χ3v) is 4.61. The van der Waals surface area contributed by atoms with E-state index in [1.54, 1.807) is 4.57 Å². The lowest BCUT2D eigenvalue weighted by molar-refractivity contribution is -0.155. The standard InChI is InChI=1S/C20H19FN4O6/c1-11(26)28-8-16-15(29-12(2)27)7-17(31-16)25-10-24-18-19(25)22-9-23-20(18)30-14-5-3-13(21)4-6-14/h3-6,9-10,15-17H,7-8H2,1-2H3/t15-,16+,17+/m0/s1. The molecule has 0 amide bonds. The molecule has 0 radical (unpaired) electrons. The highest BCUT2D eigenvalue weighted by atomic mass is 19.1. The van der Waals surface area contributed by atoms with E-state index in [9.17, 15) is 14.0 Å². The molecule has 0 saturated carbocycles. The second-order valence-electron chi connectivity index (χ2n) is 6.87. The lowest BCUT2D eigenvalue weighted by Crippen LogP contribution is -2.31. The van der Waals surface area contributed by atoms with Gasteiger partial charge in [-0.1, -0.05) is 0 Å². The third-order valence-electron chi connectivity index (χ3n) is 4.61. The highest BCUT2D eigenvalue weighted by Gasteiger charge is 2.40. The van der Waals surface area contributed by atoms with Crippen LogP contribution in [-0.2, 0) is 23.8 Å². The van der Waals surface area contributed by atoms with Gasteiger partial charge in [0, 0.05) is 20.3 Å². The summed E-state index contributed by atoms with van der Waals surface area (Å²) in [4.78, 5) is 35.3. The molecule has 1 aromatic carbocycles. The number of benzene rings is 1. The molecule has 3 atom stereocenters. The van der Waals surface area contributed by atoms with Crippen LogP contribution < -0.4 is 4.74 Å². The number of hydrogen-bond donors (Lipinski definition) is 0. The number of carbonyl (C=O) groups is 2. The van der Waals surface area contributed by atoms with Crippen molar-refractivity contribution in [1.82, 2.24) is 19.5 Å². The van der Waals surface area contributed by atoms with Gasteiger partial charge in [0.2, 0.25) is 0 Å². The Morgan fingerprint density at radius 3 is 2.65 bits per heavy atom. The Morgan fingerprint density at radius 1 is 1.16 bits per heavy atom. The van der Waals surface area contributed by atoms with Gasteiger partial charge in [-0.25, -0.2) is 14.4 Å². The Labute approximate surface area is 175 Å². The molecule has 3 heterocycles. The van der Waals surface area contributed by atoms with Crippen LogP contribution in [0.4, 0.5) is 4.39 Å². The molecule has 0 unspecified atom stereocenters. The Bertz CT molecular complexity index is 1100. The second kappa shape index (κ2) is 8.64. The Morgan fingerprint density at radius 2 is 1.94 bits per heavy atom. The molecule has 4 rings (SSSR count). The molecule has 0 spiro atoms. The fourth-order valence-corrected chi connectivity index (χ4v) is 3.29. The van der Waals surface area contributed by atoms with Crippen LogP contribution in [0.3, 0.4) is 0 Å². The van der Waals surface area contributed by atoms with Crippen LogP contribution in [0.5, 0.6) is 11.6 Å². The SMILES string of the molecule is CC(=O)OC[C@H]1O[C@@H](n2cnc3c(Oc4ccc(F)cc4)ncnc32)C[C@@H]1OC(C)=O. The van der Waals surface area contributed by atoms with Crippen LogP contribution >= 0.6 is 0 Å². The van der Waals surface area contributed by atoms with Crippen molar-refractivity contribution in [3.05, 3.63) is 42.7 Å². The number of imidazole rings is 1. The van der Waals surface area contributed by atoms with Crippen molar-refractivity contribution >= 4 is 23.1 Å². The van der Waals surface area contributed by atoms with E-state index in [0.717, 1.165) is 0 Å². The van der Waals surface area contributed by atoms with Gasteiger partial charge in [-0.15, -0.1) is 0 Å². The van der Waals surface area contributed by atoms with Gasteiger partial charge in [0.05, 0.1) is 6.33 Å². The van der Waals surface area contributed by atoms with E-state index in [1.165, 1.54) is 50.8 Å². The van der Waals surface area contributed by atoms with E-state index in [4.69, 9.17) is 18.9 Å². The number of ether oxygens (including phenoxy) is 4. The van der Waals surface area contributed by atoms with Gasteiger partial charge in [0.1, 0.15) is 42.9 Å². The number of rotatable bonds is 6. The molecule has 1 fully saturated rings. The largest absolute Gasteiger partial charge is 0.463 e. The molecule has 1 aliphatic rings. The molecule has 11 heteroatoms. The first-order valence-electron chi connectivity index (χ1n) is 9.47. The van der Waals surface area contributed by atoms with Crippen molar-refractivity contribution in [2.24, 2.45) is 0 Å². The number of halogens is 1. The van der Waals surface area contributed by atoms with Crippen molar-refractivity contribution in [1.29, 1.82) is 0 Å². The van der Waals surface area contributed by atoms with Crippen LogP contribution in [0.2, 0.25) is 0 Å². The lowest BCUT2D eigenvalue weighted by Gasteiger charge is -2.17. The molecule has 1 aliphatic heterocycles. The van der Waals surface area contributed by atoms with E-state index >= 15 is 0 Å². The molecule has 162 valence electrons. The lowest BCUT2D eigenvalue weighted by atomic mass is 10.2. The topological polar surface area (TPSA) is 115 Å². The summed E-state index contributed by atoms with van der Waals surface area (Å²) in [5, 5.41) is 0. The van der Waals surface area contributed by atoms with E-state index in [2.05, 4.69) is 15.0 Å². The van der Waals surface area contributed by atoms with Gasteiger partial charge in [-0.3, -0.25) is 14.2 Å². The number of carbonyl (C=O) groups excluding carboxylic acids is 2. The Hall–Kier alpha value is -3.60. The maximum absolute atomic E-state index is 13.1. The number of aromatic nitrogens is 4. The van der Waals surface area contributed by atoms with Crippen molar-refractivity contribution in [2.45, 2.75) is 38.7 Å². The van der Waals surface area contributed by atoms with E-state index in [-0.39, 0.29) is 18.3 Å². The van der Waals surface area contributed by atoms with Gasteiger partial charge in [-0.2, -0.15) is 4.98 Å². The van der Waals surface area contributed by atoms with Crippen LogP contribution in [0.15, 0.2) is 36.9 Å². The zero-order valence-corrected chi connectivity index (χ0v) is 16.7. The minimum atomic E-state index is -0.632. The van der Waals surface area contributed by atoms with E-state index in [1.807, 2.05) is 0 Å². The van der Waals surface area contributed by atoms with Gasteiger partial charge in [0.15, 0.2) is 11.2 Å². The summed E-state index contributed by atoms with van der Waals surface area (Å²) in [6, 6.07) is 5.50. The molecule has 0 bridgehead atoms. The monoisotopic (exact) mass is 430 g/mol. The molecule has 2 aromatic heterocycles. The Kier molecular flexibility index (Phi) is 5.76. The van der Waals surface area contributed by atoms with Crippen LogP contribution in [-0.4, -0.2) is 50.3 Å². The van der Waals surface area contributed by atoms with E-state index in [0.29, 0.717) is 23.3 Å². The molecule has 0 aliphatic carbocycles. The second-order valence-corrected chi connectivity index (χ2v) is 6.87. The predicted molar refractivity (Wildman–Crippen MR) is 103 cm³/mol. The van der Waals surface area contributed by atoms with Crippen molar-refractivity contribution in [3.8, 4) is 11.6 Å². The van der Waals surface area contributed by atoms with Crippen molar-refractivity contribution in [3.63, 3.8) is 0 Å². The third kappa shape index (κ3) is 4.61. The normalized spacial score (nSPS) is 20.5. The molecule has 31 heavy (non-hydrogen) atoms.